The van der Waals surface area contributed by atoms with E-state index in [1.807, 2.05) is 42.5 Å². The molecule has 3 aliphatic rings. The number of hydrogen-bond acceptors (Lipinski definition) is 9. The van der Waals surface area contributed by atoms with Gasteiger partial charge in [-0.2, -0.15) is 0 Å². The number of fused-ring (bicyclic) bond motifs is 3. The van der Waals surface area contributed by atoms with E-state index in [1.54, 1.807) is 20.2 Å². The summed E-state index contributed by atoms with van der Waals surface area (Å²) in [6.45, 7) is 1.38. The number of hydrogen-bond donors (Lipinski definition) is 4. The third-order valence-corrected chi connectivity index (χ3v) is 9.71. The van der Waals surface area contributed by atoms with Gasteiger partial charge >= 0.3 is 0 Å². The number of carbonyl (C=O) groups is 5. The Morgan fingerprint density at radius 2 is 1.58 bits per heavy atom. The lowest BCUT2D eigenvalue weighted by Gasteiger charge is -2.52. The first-order valence-corrected chi connectivity index (χ1v) is 15.0. The molecule has 10 heteroatoms. The molecule has 0 heterocycles. The number of likely N-dealkylation sites (N-methyl/N-ethyl adjacent to an activating group) is 1. The summed E-state index contributed by atoms with van der Waals surface area (Å²) in [6.07, 6.45) is 0.209. The van der Waals surface area contributed by atoms with E-state index in [4.69, 9.17) is 5.73 Å². The summed E-state index contributed by atoms with van der Waals surface area (Å²) in [6, 6.07) is 19.9. The highest BCUT2D eigenvalue weighted by Crippen LogP contribution is 2.51. The van der Waals surface area contributed by atoms with Crippen LogP contribution in [0.3, 0.4) is 0 Å². The number of amides is 1. The molecule has 0 radical (unpaired) electrons. The fraction of sp³-hybridized carbons (Fsp3) is 0.343. The zero-order valence-corrected chi connectivity index (χ0v) is 25.0. The number of aliphatic hydroxyl groups is 1. The van der Waals surface area contributed by atoms with Gasteiger partial charge in [-0.25, -0.2) is 0 Å². The maximum absolute atomic E-state index is 14.0. The zero-order valence-electron chi connectivity index (χ0n) is 25.0. The Balaban J connectivity index is 1.32. The monoisotopic (exact) mass is 609 g/mol. The van der Waals surface area contributed by atoms with E-state index >= 15 is 0 Å². The molecule has 0 spiro atoms. The van der Waals surface area contributed by atoms with Gasteiger partial charge in [0.25, 0.3) is 0 Å². The van der Waals surface area contributed by atoms with E-state index in [9.17, 15) is 34.2 Å². The van der Waals surface area contributed by atoms with Gasteiger partial charge in [-0.05, 0) is 66.7 Å². The third kappa shape index (κ3) is 4.89. The van der Waals surface area contributed by atoms with Crippen LogP contribution in [0.1, 0.15) is 33.5 Å². The van der Waals surface area contributed by atoms with Gasteiger partial charge in [-0.15, -0.1) is 0 Å². The molecule has 1 amide bonds. The van der Waals surface area contributed by atoms with Crippen LogP contribution in [0.25, 0.3) is 11.1 Å². The summed E-state index contributed by atoms with van der Waals surface area (Å²) >= 11 is 0. The molecular formula is C35H35N3O7. The van der Waals surface area contributed by atoms with E-state index in [0.717, 1.165) is 23.2 Å². The van der Waals surface area contributed by atoms with Crippen LogP contribution in [0.5, 0.6) is 5.75 Å². The van der Waals surface area contributed by atoms with E-state index in [0.29, 0.717) is 12.1 Å². The highest BCUT2D eigenvalue weighted by Gasteiger charge is 2.69. The van der Waals surface area contributed by atoms with Crippen molar-refractivity contribution in [3.63, 3.8) is 0 Å². The van der Waals surface area contributed by atoms with Gasteiger partial charge < -0.3 is 21.3 Å². The van der Waals surface area contributed by atoms with Crippen LogP contribution in [0, 0.1) is 23.7 Å². The number of phenolic OH excluding ortho intramolecular Hbond substituents is 1. The summed E-state index contributed by atoms with van der Waals surface area (Å²) in [5, 5.41) is 26.0. The molecule has 6 atom stereocenters. The van der Waals surface area contributed by atoms with Crippen molar-refractivity contribution in [3.05, 3.63) is 89.0 Å². The third-order valence-electron chi connectivity index (χ3n) is 9.71. The molecule has 2 unspecified atom stereocenters. The van der Waals surface area contributed by atoms with E-state index in [1.165, 1.54) is 16.5 Å². The number of carbonyl (C=O) groups excluding carboxylic acids is 5. The van der Waals surface area contributed by atoms with Crippen molar-refractivity contribution in [3.8, 4) is 16.9 Å². The summed E-state index contributed by atoms with van der Waals surface area (Å²) in [5.74, 6) is -10.6. The molecule has 3 aromatic carbocycles. The van der Waals surface area contributed by atoms with Gasteiger partial charge in [0.05, 0.1) is 17.5 Å². The highest BCUT2D eigenvalue weighted by atomic mass is 16.3. The Bertz CT molecular complexity index is 1720. The topological polar surface area (TPSA) is 167 Å². The van der Waals surface area contributed by atoms with E-state index in [2.05, 4.69) is 17.4 Å². The van der Waals surface area contributed by atoms with Gasteiger partial charge in [0, 0.05) is 19.0 Å². The molecule has 0 aromatic heterocycles. The SMILES string of the molecule is CN(C)[C@@H]1C(=O)C(C(N)=O)C(=O)[C@@]2(O)C(=O)C3C(=O)c4c(O)ccc(-c5ccc(CNCc6ccccc6)cc5)c4C[C@H]3C[C@@H]12. The number of Topliss-reactive ketones (excluding diaryl/α,β-unsaturated/α-hetero) is 4. The molecule has 2 fully saturated rings. The lowest BCUT2D eigenvalue weighted by molar-refractivity contribution is -0.181. The molecule has 0 bridgehead atoms. The summed E-state index contributed by atoms with van der Waals surface area (Å²) in [7, 11) is 3.12. The molecule has 45 heavy (non-hydrogen) atoms. The predicted octanol–water partition coefficient (Wildman–Crippen LogP) is 1.82. The first-order chi connectivity index (χ1) is 21.4. The van der Waals surface area contributed by atoms with Crippen LogP contribution >= 0.6 is 0 Å². The molecule has 10 nitrogen and oxygen atoms in total. The highest BCUT2D eigenvalue weighted by molar-refractivity contribution is 6.32. The average Bonchev–Trinajstić information content (AvgIpc) is 3.00. The standard InChI is InChI=1S/C35H35N3O7/c1-38(2)29-24-15-21-14-23-22(20-10-8-19(9-11-20)17-37-16-18-6-4-3-5-7-18)12-13-25(39)27(23)30(40)26(21)32(42)35(24,45)33(43)28(31(29)41)34(36)44/h3-13,21,24,26,28-29,37,39,45H,14-17H2,1-2H3,(H2,36,44)/t21-,24-,26?,28?,29-,35-/m0/s1. The number of primary amides is 1. The Hall–Kier alpha value is -4.51. The molecule has 2 saturated carbocycles. The van der Waals surface area contributed by atoms with Crippen LogP contribution in [0.2, 0.25) is 0 Å². The molecule has 0 saturated heterocycles. The van der Waals surface area contributed by atoms with Crippen LogP contribution in [-0.2, 0) is 38.7 Å². The minimum Gasteiger partial charge on any atom is -0.507 e. The van der Waals surface area contributed by atoms with Crippen molar-refractivity contribution in [2.24, 2.45) is 29.4 Å². The second kappa shape index (κ2) is 11.4. The number of nitrogens with zero attached hydrogens (tertiary/aromatic N) is 1. The van der Waals surface area contributed by atoms with Crippen LogP contribution in [0.15, 0.2) is 66.7 Å². The minimum atomic E-state index is -2.74. The molecule has 232 valence electrons. The maximum atomic E-state index is 14.0. The van der Waals surface area contributed by atoms with E-state index < -0.39 is 64.4 Å². The fourth-order valence-electron chi connectivity index (χ4n) is 7.62. The molecule has 3 aromatic rings. The lowest BCUT2D eigenvalue weighted by atomic mass is 9.52. The number of rotatable bonds is 7. The number of phenols is 1. The molecular weight excluding hydrogens is 574 g/mol. The van der Waals surface area contributed by atoms with Crippen molar-refractivity contribution in [1.82, 2.24) is 10.2 Å². The maximum Gasteiger partial charge on any atom is 0.235 e. The largest absolute Gasteiger partial charge is 0.507 e. The number of nitrogens with one attached hydrogen (secondary N) is 1. The number of ketones is 4. The van der Waals surface area contributed by atoms with Crippen LogP contribution < -0.4 is 11.1 Å². The van der Waals surface area contributed by atoms with Gasteiger partial charge in [0.1, 0.15) is 5.75 Å². The van der Waals surface area contributed by atoms with Gasteiger partial charge in [-0.1, -0.05) is 60.7 Å². The quantitative estimate of drug-likeness (QED) is 0.292. The summed E-state index contributed by atoms with van der Waals surface area (Å²) in [4.78, 5) is 68.4. The number of aromatic hydroxyl groups is 1. The van der Waals surface area contributed by atoms with Crippen LogP contribution in [0.4, 0.5) is 0 Å². The van der Waals surface area contributed by atoms with Crippen LogP contribution in [-0.4, -0.2) is 69.9 Å². The smallest absolute Gasteiger partial charge is 0.235 e. The normalized spacial score (nSPS) is 27.6. The fourth-order valence-corrected chi connectivity index (χ4v) is 7.62. The van der Waals surface area contributed by atoms with Crippen molar-refractivity contribution in [1.29, 1.82) is 0 Å². The summed E-state index contributed by atoms with van der Waals surface area (Å²) < 4.78 is 0. The van der Waals surface area contributed by atoms with Crippen molar-refractivity contribution in [2.45, 2.75) is 37.6 Å². The first-order valence-electron chi connectivity index (χ1n) is 15.0. The van der Waals surface area contributed by atoms with Gasteiger partial charge in [0.2, 0.25) is 5.91 Å². The molecule has 3 aliphatic carbocycles. The lowest BCUT2D eigenvalue weighted by Crippen LogP contribution is -2.74. The Morgan fingerprint density at radius 3 is 2.20 bits per heavy atom. The Morgan fingerprint density at radius 1 is 0.933 bits per heavy atom. The van der Waals surface area contributed by atoms with E-state index in [-0.39, 0.29) is 24.2 Å². The second-order valence-corrected chi connectivity index (χ2v) is 12.6. The van der Waals surface area contributed by atoms with Crippen molar-refractivity contribution in [2.75, 3.05) is 14.1 Å². The molecule has 0 aliphatic heterocycles. The summed E-state index contributed by atoms with van der Waals surface area (Å²) in [5.41, 5.74) is 6.97. The molecule has 6 rings (SSSR count). The first kappa shape index (κ1) is 30.5. The van der Waals surface area contributed by atoms with Gasteiger partial charge in [0.15, 0.2) is 34.7 Å². The average molecular weight is 610 g/mol. The van der Waals surface area contributed by atoms with Gasteiger partial charge in [-0.3, -0.25) is 28.9 Å². The molecule has 5 N–H and O–H groups in total. The number of nitrogens with two attached hydrogens (primary N) is 1. The second-order valence-electron chi connectivity index (χ2n) is 12.6. The Kier molecular flexibility index (Phi) is 7.76. The minimum absolute atomic E-state index is 0.00497. The van der Waals surface area contributed by atoms with Crippen molar-refractivity contribution < 1.29 is 34.2 Å². The zero-order chi connectivity index (χ0) is 32.2. The predicted molar refractivity (Wildman–Crippen MR) is 164 cm³/mol. The van der Waals surface area contributed by atoms with Crippen molar-refractivity contribution >= 4 is 29.0 Å². The Labute approximate surface area is 260 Å². The number of benzene rings is 3.